The average Bonchev–Trinajstić information content (AvgIpc) is 2.82. The summed E-state index contributed by atoms with van der Waals surface area (Å²) in [6, 6.07) is 13.1. The van der Waals surface area contributed by atoms with Crippen LogP contribution in [0.15, 0.2) is 58.4 Å². The number of hydrogen-bond donors (Lipinski definition) is 2. The van der Waals surface area contributed by atoms with Crippen molar-refractivity contribution in [2.24, 2.45) is 5.10 Å². The number of aromatic nitrogens is 2. The van der Waals surface area contributed by atoms with Gasteiger partial charge in [-0.1, -0.05) is 37.3 Å². The summed E-state index contributed by atoms with van der Waals surface area (Å²) >= 11 is 0. The number of hydrogen-bond acceptors (Lipinski definition) is 8. The van der Waals surface area contributed by atoms with Gasteiger partial charge in [-0.15, -0.1) is 0 Å². The zero-order chi connectivity index (χ0) is 23.8. The molecule has 0 aliphatic carbocycles. The van der Waals surface area contributed by atoms with Gasteiger partial charge < -0.3 is 14.5 Å². The number of benzene rings is 2. The van der Waals surface area contributed by atoms with Crippen LogP contribution in [-0.2, 0) is 0 Å². The third kappa shape index (κ3) is 5.79. The van der Waals surface area contributed by atoms with Crippen LogP contribution in [0, 0.1) is 10.1 Å². The van der Waals surface area contributed by atoms with Gasteiger partial charge in [-0.2, -0.15) is 10.1 Å². The molecule has 11 nitrogen and oxygen atoms in total. The van der Waals surface area contributed by atoms with Crippen LogP contribution in [0.5, 0.6) is 11.5 Å². The van der Waals surface area contributed by atoms with Crippen molar-refractivity contribution in [2.45, 2.75) is 13.3 Å². The van der Waals surface area contributed by atoms with E-state index in [0.717, 1.165) is 0 Å². The number of carbonyl (C=O) groups excluding carboxylic acids is 1. The summed E-state index contributed by atoms with van der Waals surface area (Å²) in [5.74, 6) is -0.503. The number of rotatable bonds is 9. The second kappa shape index (κ2) is 10.7. The van der Waals surface area contributed by atoms with E-state index in [2.05, 4.69) is 20.5 Å². The van der Waals surface area contributed by atoms with Crippen LogP contribution in [0.1, 0.15) is 29.4 Å². The Morgan fingerprint density at radius 1 is 1.27 bits per heavy atom. The van der Waals surface area contributed by atoms with E-state index in [-0.39, 0.29) is 29.5 Å². The van der Waals surface area contributed by atoms with Gasteiger partial charge in [0.05, 0.1) is 30.5 Å². The second-order valence-electron chi connectivity index (χ2n) is 6.73. The lowest BCUT2D eigenvalue weighted by molar-refractivity contribution is -0.386. The summed E-state index contributed by atoms with van der Waals surface area (Å²) < 4.78 is 10.7. The molecular weight excluding hydrogens is 430 g/mol. The maximum atomic E-state index is 12.5. The molecular formula is C22H21N5O6. The summed E-state index contributed by atoms with van der Waals surface area (Å²) in [6.45, 7) is 2.16. The number of methoxy groups -OCH3 is 1. The van der Waals surface area contributed by atoms with Gasteiger partial charge in [0.2, 0.25) is 5.75 Å². The molecule has 0 fully saturated rings. The minimum Gasteiger partial charge on any atom is -0.493 e. The Kier molecular flexibility index (Phi) is 7.47. The number of carbonyl (C=O) groups is 1. The number of H-pyrrole nitrogens is 1. The average molecular weight is 451 g/mol. The lowest BCUT2D eigenvalue weighted by Gasteiger charge is -2.11. The van der Waals surface area contributed by atoms with Crippen molar-refractivity contribution in [2.75, 3.05) is 13.7 Å². The minimum absolute atomic E-state index is 0.0216. The lowest BCUT2D eigenvalue weighted by atomic mass is 10.1. The smallest absolute Gasteiger partial charge is 0.346 e. The molecule has 2 N–H and O–H groups in total. The monoisotopic (exact) mass is 451 g/mol. The molecule has 1 heterocycles. The van der Waals surface area contributed by atoms with E-state index < -0.39 is 16.5 Å². The zero-order valence-electron chi connectivity index (χ0n) is 17.9. The summed E-state index contributed by atoms with van der Waals surface area (Å²) in [4.78, 5) is 41.5. The first-order chi connectivity index (χ1) is 15.9. The molecule has 0 radical (unpaired) electrons. The number of nitro groups is 1. The third-order valence-electron chi connectivity index (χ3n) is 4.36. The molecule has 170 valence electrons. The first kappa shape index (κ1) is 23.1. The molecule has 0 unspecified atom stereocenters. The predicted octanol–water partition coefficient (Wildman–Crippen LogP) is 2.91. The largest absolute Gasteiger partial charge is 0.493 e. The van der Waals surface area contributed by atoms with Crippen LogP contribution in [0.2, 0.25) is 0 Å². The van der Waals surface area contributed by atoms with Gasteiger partial charge >= 0.3 is 11.4 Å². The van der Waals surface area contributed by atoms with Crippen molar-refractivity contribution >= 4 is 17.8 Å². The molecule has 0 aliphatic heterocycles. The maximum Gasteiger partial charge on any atom is 0.346 e. The van der Waals surface area contributed by atoms with Crippen LogP contribution in [-0.4, -0.2) is 40.7 Å². The molecule has 1 amide bonds. The number of aromatic amines is 1. The molecule has 33 heavy (non-hydrogen) atoms. The van der Waals surface area contributed by atoms with Gasteiger partial charge in [-0.25, -0.2) is 10.2 Å². The number of amides is 1. The van der Waals surface area contributed by atoms with Crippen LogP contribution < -0.4 is 20.6 Å². The molecule has 0 aliphatic rings. The van der Waals surface area contributed by atoms with Crippen LogP contribution in [0.3, 0.4) is 0 Å². The molecule has 0 saturated heterocycles. The number of nitrogens with one attached hydrogen (secondary N) is 2. The Morgan fingerprint density at radius 3 is 2.70 bits per heavy atom. The van der Waals surface area contributed by atoms with E-state index in [1.807, 2.05) is 13.0 Å². The highest BCUT2D eigenvalue weighted by atomic mass is 16.6. The normalized spacial score (nSPS) is 10.7. The van der Waals surface area contributed by atoms with Crippen LogP contribution in [0.25, 0.3) is 11.3 Å². The third-order valence-corrected chi connectivity index (χ3v) is 4.36. The van der Waals surface area contributed by atoms with Crippen LogP contribution in [0.4, 0.5) is 5.69 Å². The van der Waals surface area contributed by atoms with E-state index in [9.17, 15) is 19.7 Å². The highest BCUT2D eigenvalue weighted by molar-refractivity contribution is 5.94. The Hall–Kier alpha value is -4.54. The van der Waals surface area contributed by atoms with Gasteiger partial charge in [0.1, 0.15) is 5.69 Å². The first-order valence-electron chi connectivity index (χ1n) is 9.92. The second-order valence-corrected chi connectivity index (χ2v) is 6.73. The Bertz CT molecular complexity index is 1240. The highest BCUT2D eigenvalue weighted by Gasteiger charge is 2.22. The number of ether oxygens (including phenoxy) is 2. The Morgan fingerprint density at radius 2 is 2.03 bits per heavy atom. The highest BCUT2D eigenvalue weighted by Crippen LogP contribution is 2.38. The molecule has 1 aromatic heterocycles. The molecule has 3 aromatic rings. The molecule has 11 heteroatoms. The van der Waals surface area contributed by atoms with E-state index in [1.54, 1.807) is 24.3 Å². The molecule has 0 bridgehead atoms. The van der Waals surface area contributed by atoms with Crippen molar-refractivity contribution in [3.05, 3.63) is 80.4 Å². The van der Waals surface area contributed by atoms with Crippen molar-refractivity contribution in [1.82, 2.24) is 15.4 Å². The van der Waals surface area contributed by atoms with Gasteiger partial charge in [0, 0.05) is 17.2 Å². The van der Waals surface area contributed by atoms with E-state index in [1.165, 1.54) is 31.5 Å². The molecule has 0 spiro atoms. The number of nitrogens with zero attached hydrogens (tertiary/aromatic N) is 3. The molecule has 0 saturated carbocycles. The molecule has 3 rings (SSSR count). The summed E-state index contributed by atoms with van der Waals surface area (Å²) in [6.07, 6.45) is 1.88. The number of hydrazone groups is 1. The zero-order valence-corrected chi connectivity index (χ0v) is 17.9. The molecule has 2 aromatic carbocycles. The Labute approximate surface area is 188 Å². The van der Waals surface area contributed by atoms with Gasteiger partial charge in [0.25, 0.3) is 5.91 Å². The summed E-state index contributed by atoms with van der Waals surface area (Å²) in [7, 11) is 1.37. The van der Waals surface area contributed by atoms with Gasteiger partial charge in [0.15, 0.2) is 5.75 Å². The number of nitro benzene ring substituents is 1. The quantitative estimate of drug-likeness (QED) is 0.289. The SMILES string of the molecule is CCCOc1c(OC)cc(/C=N/NC(=O)c2cc(-c3ccccc3)nc(=O)[nH]2)cc1[N+](=O)[O-]. The topological polar surface area (TPSA) is 149 Å². The van der Waals surface area contributed by atoms with Gasteiger partial charge in [-0.3, -0.25) is 14.9 Å². The van der Waals surface area contributed by atoms with E-state index in [4.69, 9.17) is 9.47 Å². The lowest BCUT2D eigenvalue weighted by Crippen LogP contribution is -2.24. The van der Waals surface area contributed by atoms with Crippen molar-refractivity contribution in [3.63, 3.8) is 0 Å². The first-order valence-corrected chi connectivity index (χ1v) is 9.92. The maximum absolute atomic E-state index is 12.5. The van der Waals surface area contributed by atoms with Crippen LogP contribution >= 0.6 is 0 Å². The fourth-order valence-corrected chi connectivity index (χ4v) is 2.88. The van der Waals surface area contributed by atoms with Gasteiger partial charge in [-0.05, 0) is 18.6 Å². The molecule has 0 atom stereocenters. The fraction of sp³-hybridized carbons (Fsp3) is 0.182. The Balaban J connectivity index is 1.82. The van der Waals surface area contributed by atoms with Crippen molar-refractivity contribution < 1.29 is 19.2 Å². The summed E-state index contributed by atoms with van der Waals surface area (Å²) in [5.41, 5.74) is 2.56. The standard InChI is InChI=1S/C22H21N5O6/c1-3-9-33-20-18(27(30)31)10-14(11-19(20)32-2)13-23-26-21(28)17-12-16(24-22(29)25-17)15-7-5-4-6-8-15/h4-8,10-13H,3,9H2,1-2H3,(H,26,28)(H,24,25,29)/b23-13+. The summed E-state index contributed by atoms with van der Waals surface area (Å²) in [5, 5.41) is 15.3. The predicted molar refractivity (Wildman–Crippen MR) is 121 cm³/mol. The fourth-order valence-electron chi connectivity index (χ4n) is 2.88. The minimum atomic E-state index is -0.688. The van der Waals surface area contributed by atoms with E-state index >= 15 is 0 Å². The van der Waals surface area contributed by atoms with E-state index in [0.29, 0.717) is 23.2 Å². The van der Waals surface area contributed by atoms with Crippen molar-refractivity contribution in [3.8, 4) is 22.8 Å². The van der Waals surface area contributed by atoms with Crippen molar-refractivity contribution in [1.29, 1.82) is 0 Å².